The molecule has 1 unspecified atom stereocenters. The standard InChI is InChI=1S/C11H14N2O3/c14-11(15)9-3-4-12-7-10(9)13-6-8-2-1-5-16-8/h3-4,7-8,13H,1-2,5-6H2,(H,14,15). The summed E-state index contributed by atoms with van der Waals surface area (Å²) in [7, 11) is 0. The van der Waals surface area contributed by atoms with Crippen molar-refractivity contribution >= 4 is 11.7 Å². The fourth-order valence-corrected chi connectivity index (χ4v) is 1.75. The molecule has 5 nitrogen and oxygen atoms in total. The second-order valence-electron chi connectivity index (χ2n) is 3.74. The predicted molar refractivity (Wildman–Crippen MR) is 58.7 cm³/mol. The molecule has 0 aromatic carbocycles. The summed E-state index contributed by atoms with van der Waals surface area (Å²) < 4.78 is 5.44. The van der Waals surface area contributed by atoms with Crippen molar-refractivity contribution in [3.8, 4) is 0 Å². The SMILES string of the molecule is O=C(O)c1ccncc1NCC1CCCO1. The molecule has 1 aromatic heterocycles. The Labute approximate surface area is 93.5 Å². The van der Waals surface area contributed by atoms with Gasteiger partial charge in [-0.15, -0.1) is 0 Å². The molecule has 0 spiro atoms. The largest absolute Gasteiger partial charge is 0.478 e. The lowest BCUT2D eigenvalue weighted by Crippen LogP contribution is -2.19. The minimum absolute atomic E-state index is 0.182. The molecule has 16 heavy (non-hydrogen) atoms. The summed E-state index contributed by atoms with van der Waals surface area (Å²) >= 11 is 0. The van der Waals surface area contributed by atoms with E-state index in [1.807, 2.05) is 0 Å². The Balaban J connectivity index is 2.00. The summed E-state index contributed by atoms with van der Waals surface area (Å²) in [5, 5.41) is 12.0. The first-order valence-corrected chi connectivity index (χ1v) is 5.30. The number of ether oxygens (including phenoxy) is 1. The molecule has 86 valence electrons. The van der Waals surface area contributed by atoms with Crippen LogP contribution in [0.3, 0.4) is 0 Å². The van der Waals surface area contributed by atoms with E-state index in [4.69, 9.17) is 9.84 Å². The van der Waals surface area contributed by atoms with Crippen molar-refractivity contribution in [2.45, 2.75) is 18.9 Å². The molecule has 1 aliphatic rings. The number of nitrogens with one attached hydrogen (secondary N) is 1. The van der Waals surface area contributed by atoms with Gasteiger partial charge < -0.3 is 15.2 Å². The molecular weight excluding hydrogens is 208 g/mol. The number of pyridine rings is 1. The number of carbonyl (C=O) groups is 1. The molecule has 1 aliphatic heterocycles. The third-order valence-corrected chi connectivity index (χ3v) is 2.60. The summed E-state index contributed by atoms with van der Waals surface area (Å²) in [6.07, 6.45) is 5.28. The van der Waals surface area contributed by atoms with Crippen molar-refractivity contribution in [1.29, 1.82) is 0 Å². The Morgan fingerprint density at radius 1 is 1.69 bits per heavy atom. The number of hydrogen-bond donors (Lipinski definition) is 2. The molecule has 1 saturated heterocycles. The summed E-state index contributed by atoms with van der Waals surface area (Å²) in [6.45, 7) is 1.43. The smallest absolute Gasteiger partial charge is 0.337 e. The molecule has 2 heterocycles. The topological polar surface area (TPSA) is 71.5 Å². The normalized spacial score (nSPS) is 19.6. The molecule has 2 rings (SSSR count). The van der Waals surface area contributed by atoms with Crippen molar-refractivity contribution in [2.24, 2.45) is 0 Å². The van der Waals surface area contributed by atoms with Crippen LogP contribution in [0.1, 0.15) is 23.2 Å². The first-order valence-electron chi connectivity index (χ1n) is 5.30. The van der Waals surface area contributed by atoms with Crippen LogP contribution in [-0.4, -0.2) is 35.3 Å². The van der Waals surface area contributed by atoms with Crippen molar-refractivity contribution in [3.05, 3.63) is 24.0 Å². The molecule has 0 bridgehead atoms. The Hall–Kier alpha value is -1.62. The van der Waals surface area contributed by atoms with Crippen LogP contribution in [0.25, 0.3) is 0 Å². The van der Waals surface area contributed by atoms with Crippen LogP contribution in [-0.2, 0) is 4.74 Å². The monoisotopic (exact) mass is 222 g/mol. The van der Waals surface area contributed by atoms with E-state index in [-0.39, 0.29) is 11.7 Å². The van der Waals surface area contributed by atoms with Gasteiger partial charge in [-0.05, 0) is 18.9 Å². The van der Waals surface area contributed by atoms with Gasteiger partial charge in [0, 0.05) is 19.3 Å². The maximum atomic E-state index is 10.9. The minimum atomic E-state index is -0.947. The van der Waals surface area contributed by atoms with Gasteiger partial charge in [0.2, 0.25) is 0 Å². The van der Waals surface area contributed by atoms with Gasteiger partial charge in [0.15, 0.2) is 0 Å². The average molecular weight is 222 g/mol. The quantitative estimate of drug-likeness (QED) is 0.805. The predicted octanol–water partition coefficient (Wildman–Crippen LogP) is 1.37. The maximum Gasteiger partial charge on any atom is 0.337 e. The molecule has 1 aromatic rings. The van der Waals surface area contributed by atoms with Gasteiger partial charge in [0.1, 0.15) is 0 Å². The highest BCUT2D eigenvalue weighted by Crippen LogP contribution is 2.16. The molecule has 1 atom stereocenters. The second-order valence-corrected chi connectivity index (χ2v) is 3.74. The van der Waals surface area contributed by atoms with E-state index >= 15 is 0 Å². The number of carboxylic acid groups (broad SMARTS) is 1. The lowest BCUT2D eigenvalue weighted by atomic mass is 10.2. The molecule has 2 N–H and O–H groups in total. The van der Waals surface area contributed by atoms with Crippen LogP contribution >= 0.6 is 0 Å². The molecule has 0 aliphatic carbocycles. The van der Waals surface area contributed by atoms with E-state index in [9.17, 15) is 4.79 Å². The molecule has 5 heteroatoms. The third kappa shape index (κ3) is 2.49. The highest BCUT2D eigenvalue weighted by Gasteiger charge is 2.16. The second kappa shape index (κ2) is 4.94. The van der Waals surface area contributed by atoms with Crippen LogP contribution in [0.15, 0.2) is 18.5 Å². The summed E-state index contributed by atoms with van der Waals surface area (Å²) in [4.78, 5) is 14.8. The summed E-state index contributed by atoms with van der Waals surface area (Å²) in [6, 6.07) is 1.49. The number of rotatable bonds is 4. The van der Waals surface area contributed by atoms with Crippen LogP contribution in [0.2, 0.25) is 0 Å². The fourth-order valence-electron chi connectivity index (χ4n) is 1.75. The number of aromatic carboxylic acids is 1. The van der Waals surface area contributed by atoms with Gasteiger partial charge >= 0.3 is 5.97 Å². The molecule has 0 amide bonds. The zero-order valence-electron chi connectivity index (χ0n) is 8.85. The van der Waals surface area contributed by atoms with Crippen LogP contribution < -0.4 is 5.32 Å². The van der Waals surface area contributed by atoms with E-state index in [0.717, 1.165) is 19.4 Å². The van der Waals surface area contributed by atoms with E-state index in [0.29, 0.717) is 12.2 Å². The first kappa shape index (κ1) is 10.9. The Bertz CT molecular complexity index is 375. The van der Waals surface area contributed by atoms with Crippen LogP contribution in [0.5, 0.6) is 0 Å². The van der Waals surface area contributed by atoms with E-state index in [1.165, 1.54) is 18.5 Å². The zero-order valence-corrected chi connectivity index (χ0v) is 8.85. The highest BCUT2D eigenvalue weighted by molar-refractivity contribution is 5.93. The van der Waals surface area contributed by atoms with Crippen molar-refractivity contribution in [2.75, 3.05) is 18.5 Å². The fraction of sp³-hybridized carbons (Fsp3) is 0.455. The van der Waals surface area contributed by atoms with E-state index in [2.05, 4.69) is 10.3 Å². The lowest BCUT2D eigenvalue weighted by Gasteiger charge is -2.12. The van der Waals surface area contributed by atoms with Crippen molar-refractivity contribution in [3.63, 3.8) is 0 Å². The maximum absolute atomic E-state index is 10.9. The van der Waals surface area contributed by atoms with E-state index < -0.39 is 5.97 Å². The molecule has 1 fully saturated rings. The summed E-state index contributed by atoms with van der Waals surface area (Å²) in [5.41, 5.74) is 0.790. The highest BCUT2D eigenvalue weighted by atomic mass is 16.5. The zero-order chi connectivity index (χ0) is 11.4. The Morgan fingerprint density at radius 3 is 3.25 bits per heavy atom. The van der Waals surface area contributed by atoms with Gasteiger partial charge in [0.25, 0.3) is 0 Å². The molecular formula is C11H14N2O3. The molecule has 0 radical (unpaired) electrons. The molecule has 0 saturated carbocycles. The number of anilines is 1. The van der Waals surface area contributed by atoms with Crippen molar-refractivity contribution < 1.29 is 14.6 Å². The van der Waals surface area contributed by atoms with Gasteiger partial charge in [-0.2, -0.15) is 0 Å². The first-order chi connectivity index (χ1) is 7.77. The number of nitrogens with zero attached hydrogens (tertiary/aromatic N) is 1. The Kier molecular flexibility index (Phi) is 3.36. The number of aromatic nitrogens is 1. The third-order valence-electron chi connectivity index (χ3n) is 2.60. The average Bonchev–Trinajstić information content (AvgIpc) is 2.79. The van der Waals surface area contributed by atoms with Crippen molar-refractivity contribution in [1.82, 2.24) is 4.98 Å². The lowest BCUT2D eigenvalue weighted by molar-refractivity contribution is 0.0697. The van der Waals surface area contributed by atoms with E-state index in [1.54, 1.807) is 0 Å². The Morgan fingerprint density at radius 2 is 2.56 bits per heavy atom. The summed E-state index contributed by atoms with van der Waals surface area (Å²) in [5.74, 6) is -0.947. The number of hydrogen-bond acceptors (Lipinski definition) is 4. The van der Waals surface area contributed by atoms with Gasteiger partial charge in [0.05, 0.1) is 23.6 Å². The number of carboxylic acids is 1. The van der Waals surface area contributed by atoms with Crippen LogP contribution in [0.4, 0.5) is 5.69 Å². The van der Waals surface area contributed by atoms with Crippen LogP contribution in [0, 0.1) is 0 Å². The minimum Gasteiger partial charge on any atom is -0.478 e. The van der Waals surface area contributed by atoms with Gasteiger partial charge in [-0.1, -0.05) is 0 Å². The van der Waals surface area contributed by atoms with Gasteiger partial charge in [-0.3, -0.25) is 4.98 Å². The van der Waals surface area contributed by atoms with Gasteiger partial charge in [-0.25, -0.2) is 4.79 Å².